The average molecular weight is 172 g/mol. The molecule has 63 valence electrons. The summed E-state index contributed by atoms with van der Waals surface area (Å²) in [4.78, 5) is 0. The van der Waals surface area contributed by atoms with Gasteiger partial charge in [0, 0.05) is 6.07 Å². The molecule has 0 bridgehead atoms. The predicted molar refractivity (Wildman–Crippen MR) is 35.4 cm³/mol. The summed E-state index contributed by atoms with van der Waals surface area (Å²) < 4.78 is 32.9. The van der Waals surface area contributed by atoms with Crippen LogP contribution in [0.15, 0.2) is 18.2 Å². The van der Waals surface area contributed by atoms with Crippen LogP contribution in [0.3, 0.4) is 0 Å². The van der Waals surface area contributed by atoms with Crippen LogP contribution in [0, 0.1) is 0 Å². The Morgan fingerprint density at radius 1 is 1.17 bits per heavy atom. The van der Waals surface area contributed by atoms with Crippen molar-refractivity contribution in [1.29, 1.82) is 0 Å². The summed E-state index contributed by atoms with van der Waals surface area (Å²) in [7, 11) is 0. The minimum absolute atomic E-state index is 0.0315. The van der Waals surface area contributed by atoms with Crippen LogP contribution < -0.4 is 15.2 Å². The molecule has 12 heavy (non-hydrogen) atoms. The van der Waals surface area contributed by atoms with Gasteiger partial charge in [0.1, 0.15) is 0 Å². The molecule has 1 radical (unpaired) electrons. The summed E-state index contributed by atoms with van der Waals surface area (Å²) in [6, 6.07) is 3.80. The van der Waals surface area contributed by atoms with E-state index in [0.717, 1.165) is 0 Å². The lowest BCUT2D eigenvalue weighted by Crippen LogP contribution is -2.25. The van der Waals surface area contributed by atoms with Crippen LogP contribution in [0.1, 0.15) is 0 Å². The van der Waals surface area contributed by atoms with Gasteiger partial charge in [-0.15, -0.1) is 8.78 Å². The summed E-state index contributed by atoms with van der Waals surface area (Å²) >= 11 is 0. The zero-order valence-corrected chi connectivity index (χ0v) is 5.80. The maximum Gasteiger partial charge on any atom is 0.586 e. The van der Waals surface area contributed by atoms with Crippen LogP contribution in [-0.4, -0.2) is 6.29 Å². The highest BCUT2D eigenvalue weighted by Crippen LogP contribution is 2.41. The monoisotopic (exact) mass is 172 g/mol. The standard InChI is InChI=1S/C7H4F2NO2/c8-7(9)11-5-2-1-4(10)3-6(5)12-7/h1-3,10H. The fourth-order valence-corrected chi connectivity index (χ4v) is 0.949. The van der Waals surface area contributed by atoms with Crippen LogP contribution in [0.2, 0.25) is 0 Å². The van der Waals surface area contributed by atoms with Crippen molar-refractivity contribution < 1.29 is 18.3 Å². The van der Waals surface area contributed by atoms with Gasteiger partial charge >= 0.3 is 6.29 Å². The van der Waals surface area contributed by atoms with Gasteiger partial charge in [0.25, 0.3) is 0 Å². The van der Waals surface area contributed by atoms with Gasteiger partial charge in [-0.05, 0) is 12.1 Å². The molecule has 3 nitrogen and oxygen atoms in total. The third kappa shape index (κ3) is 1.03. The number of fused-ring (bicyclic) bond motifs is 1. The Hall–Kier alpha value is -1.52. The summed E-state index contributed by atoms with van der Waals surface area (Å²) in [6.45, 7) is 0. The van der Waals surface area contributed by atoms with Crippen molar-refractivity contribution in [2.24, 2.45) is 0 Å². The first kappa shape index (κ1) is 7.15. The molecular weight excluding hydrogens is 168 g/mol. The highest BCUT2D eigenvalue weighted by atomic mass is 19.3. The minimum atomic E-state index is -3.59. The van der Waals surface area contributed by atoms with Crippen molar-refractivity contribution in [3.05, 3.63) is 18.2 Å². The van der Waals surface area contributed by atoms with E-state index in [0.29, 0.717) is 0 Å². The summed E-state index contributed by atoms with van der Waals surface area (Å²) in [5, 5.41) is 0. The van der Waals surface area contributed by atoms with Crippen molar-refractivity contribution in [2.75, 3.05) is 0 Å². The quantitative estimate of drug-likeness (QED) is 0.599. The van der Waals surface area contributed by atoms with E-state index in [4.69, 9.17) is 5.73 Å². The summed E-state index contributed by atoms with van der Waals surface area (Å²) in [5.41, 5.74) is 7.22. The molecule has 1 aromatic carbocycles. The van der Waals surface area contributed by atoms with Gasteiger partial charge in [0.15, 0.2) is 11.5 Å². The first-order valence-electron chi connectivity index (χ1n) is 3.18. The molecule has 0 amide bonds. The Labute approximate surface area is 66.7 Å². The van der Waals surface area contributed by atoms with E-state index in [2.05, 4.69) is 9.47 Å². The Morgan fingerprint density at radius 2 is 1.83 bits per heavy atom. The zero-order chi connectivity index (χ0) is 8.77. The van der Waals surface area contributed by atoms with Crippen molar-refractivity contribution in [1.82, 2.24) is 5.73 Å². The molecule has 2 rings (SSSR count). The van der Waals surface area contributed by atoms with E-state index in [1.165, 1.54) is 18.2 Å². The van der Waals surface area contributed by atoms with Crippen LogP contribution in [-0.2, 0) is 0 Å². The van der Waals surface area contributed by atoms with E-state index < -0.39 is 6.29 Å². The Bertz CT molecular complexity index is 327. The van der Waals surface area contributed by atoms with Gasteiger partial charge < -0.3 is 15.2 Å². The summed E-state index contributed by atoms with van der Waals surface area (Å²) in [5.74, 6) is -0.122. The van der Waals surface area contributed by atoms with Gasteiger partial charge in [0.05, 0.1) is 5.69 Å². The molecule has 1 heterocycles. The van der Waals surface area contributed by atoms with Gasteiger partial charge in [-0.1, -0.05) is 0 Å². The number of halogens is 2. The van der Waals surface area contributed by atoms with E-state index in [-0.39, 0.29) is 17.2 Å². The lowest BCUT2D eigenvalue weighted by Gasteiger charge is -2.04. The first-order chi connectivity index (χ1) is 5.57. The molecule has 0 atom stereocenters. The second kappa shape index (κ2) is 2.00. The molecule has 0 fully saturated rings. The molecule has 1 N–H and O–H groups in total. The molecule has 0 aliphatic carbocycles. The SMILES string of the molecule is [NH]c1ccc2c(c1)OC(F)(F)O2. The second-order valence-electron chi connectivity index (χ2n) is 2.33. The van der Waals surface area contributed by atoms with E-state index in [1.807, 2.05) is 0 Å². The van der Waals surface area contributed by atoms with Crippen molar-refractivity contribution in [3.63, 3.8) is 0 Å². The Balaban J connectivity index is 2.43. The number of ether oxygens (including phenoxy) is 2. The highest BCUT2D eigenvalue weighted by molar-refractivity contribution is 5.51. The molecule has 0 unspecified atom stereocenters. The molecule has 0 saturated heterocycles. The lowest BCUT2D eigenvalue weighted by atomic mass is 10.3. The number of hydrogen-bond acceptors (Lipinski definition) is 2. The topological polar surface area (TPSA) is 42.3 Å². The Kier molecular flexibility index (Phi) is 1.19. The van der Waals surface area contributed by atoms with Gasteiger partial charge in [-0.25, -0.2) is 0 Å². The predicted octanol–water partition coefficient (Wildman–Crippen LogP) is 1.92. The lowest BCUT2D eigenvalue weighted by molar-refractivity contribution is -0.286. The van der Waals surface area contributed by atoms with Gasteiger partial charge in [-0.2, -0.15) is 0 Å². The van der Waals surface area contributed by atoms with Crippen LogP contribution >= 0.6 is 0 Å². The molecular formula is C7H4F2NO2. The Morgan fingerprint density at radius 3 is 2.58 bits per heavy atom. The molecule has 0 spiro atoms. The molecule has 0 aromatic heterocycles. The third-order valence-corrected chi connectivity index (χ3v) is 1.40. The number of benzene rings is 1. The van der Waals surface area contributed by atoms with Gasteiger partial charge in [0.2, 0.25) is 0 Å². The van der Waals surface area contributed by atoms with Crippen LogP contribution in [0.25, 0.3) is 0 Å². The van der Waals surface area contributed by atoms with Crippen molar-refractivity contribution in [3.8, 4) is 11.5 Å². The molecule has 5 heteroatoms. The fraction of sp³-hybridized carbons (Fsp3) is 0.143. The van der Waals surface area contributed by atoms with Gasteiger partial charge in [-0.3, -0.25) is 0 Å². The van der Waals surface area contributed by atoms with E-state index in [9.17, 15) is 8.78 Å². The number of hydrogen-bond donors (Lipinski definition) is 0. The smallest absolute Gasteiger partial charge is 0.395 e. The number of alkyl halides is 2. The summed E-state index contributed by atoms with van der Waals surface area (Å²) in [6.07, 6.45) is -3.59. The maximum absolute atomic E-state index is 12.4. The van der Waals surface area contributed by atoms with Crippen LogP contribution in [0.4, 0.5) is 14.5 Å². The van der Waals surface area contributed by atoms with E-state index in [1.54, 1.807) is 0 Å². The van der Waals surface area contributed by atoms with Crippen LogP contribution in [0.5, 0.6) is 11.5 Å². The average Bonchev–Trinajstić information content (AvgIpc) is 2.21. The molecule has 1 aliphatic rings. The van der Waals surface area contributed by atoms with Crippen molar-refractivity contribution >= 4 is 5.69 Å². The maximum atomic E-state index is 12.4. The normalized spacial score (nSPS) is 17.8. The molecule has 0 saturated carbocycles. The number of rotatable bonds is 0. The minimum Gasteiger partial charge on any atom is -0.395 e. The fourth-order valence-electron chi connectivity index (χ4n) is 0.949. The van der Waals surface area contributed by atoms with E-state index >= 15 is 0 Å². The third-order valence-electron chi connectivity index (χ3n) is 1.40. The first-order valence-corrected chi connectivity index (χ1v) is 3.18. The zero-order valence-electron chi connectivity index (χ0n) is 5.80. The largest absolute Gasteiger partial charge is 0.586 e. The molecule has 1 aliphatic heterocycles. The highest BCUT2D eigenvalue weighted by Gasteiger charge is 2.43. The number of nitrogens with one attached hydrogen (secondary N) is 1. The second-order valence-corrected chi connectivity index (χ2v) is 2.33. The molecule has 1 aromatic rings. The van der Waals surface area contributed by atoms with Crippen molar-refractivity contribution in [2.45, 2.75) is 6.29 Å².